The van der Waals surface area contributed by atoms with E-state index in [4.69, 9.17) is 4.74 Å². The van der Waals surface area contributed by atoms with E-state index in [1.54, 1.807) is 0 Å². The van der Waals surface area contributed by atoms with Crippen molar-refractivity contribution in [1.82, 2.24) is 9.78 Å². The zero-order valence-corrected chi connectivity index (χ0v) is 9.97. The van der Waals surface area contributed by atoms with Crippen molar-refractivity contribution in [2.75, 3.05) is 13.2 Å². The maximum atomic E-state index is 11.1. The Morgan fingerprint density at radius 3 is 2.82 bits per heavy atom. The number of nitrogens with zero attached hydrogens (tertiary/aromatic N) is 2. The molecule has 92 valence electrons. The molecule has 2 fully saturated rings. The second-order valence-corrected chi connectivity index (χ2v) is 5.07. The molecule has 1 saturated heterocycles. The smallest absolute Gasteiger partial charge is 0.153 e. The maximum absolute atomic E-state index is 11.1. The van der Waals surface area contributed by atoms with E-state index in [0.29, 0.717) is 18.6 Å². The van der Waals surface area contributed by atoms with Gasteiger partial charge >= 0.3 is 0 Å². The lowest BCUT2D eigenvalue weighted by atomic mass is 10.0. The van der Waals surface area contributed by atoms with Crippen LogP contribution in [0.1, 0.15) is 60.1 Å². The van der Waals surface area contributed by atoms with Crippen LogP contribution in [0.2, 0.25) is 0 Å². The van der Waals surface area contributed by atoms with Gasteiger partial charge in [0.2, 0.25) is 0 Å². The zero-order valence-electron chi connectivity index (χ0n) is 9.97. The topological polar surface area (TPSA) is 44.1 Å². The molecule has 2 aliphatic rings. The van der Waals surface area contributed by atoms with E-state index in [0.717, 1.165) is 30.6 Å². The Balaban J connectivity index is 1.88. The molecule has 1 aliphatic carbocycles. The summed E-state index contributed by atoms with van der Waals surface area (Å²) in [5.41, 5.74) is 1.71. The summed E-state index contributed by atoms with van der Waals surface area (Å²) < 4.78 is 7.40. The first kappa shape index (κ1) is 11.0. The normalized spacial score (nSPS) is 25.5. The third-order valence-electron chi connectivity index (χ3n) is 3.93. The quantitative estimate of drug-likeness (QED) is 0.754. The van der Waals surface area contributed by atoms with Gasteiger partial charge in [0.05, 0.1) is 23.9 Å². The van der Waals surface area contributed by atoms with Crippen LogP contribution in [-0.4, -0.2) is 29.3 Å². The lowest BCUT2D eigenvalue weighted by Gasteiger charge is -2.09. The summed E-state index contributed by atoms with van der Waals surface area (Å²) in [6, 6.07) is 0.504. The number of ether oxygens (including phenoxy) is 1. The zero-order chi connectivity index (χ0) is 11.7. The Hall–Kier alpha value is -1.16. The Morgan fingerprint density at radius 2 is 2.18 bits per heavy atom. The first-order valence-electron chi connectivity index (χ1n) is 6.50. The van der Waals surface area contributed by atoms with Crippen LogP contribution in [0.15, 0.2) is 6.20 Å². The second-order valence-electron chi connectivity index (χ2n) is 5.07. The Kier molecular flexibility index (Phi) is 2.97. The van der Waals surface area contributed by atoms with Gasteiger partial charge in [0, 0.05) is 18.7 Å². The molecule has 17 heavy (non-hydrogen) atoms. The second kappa shape index (κ2) is 4.61. The van der Waals surface area contributed by atoms with Crippen LogP contribution in [-0.2, 0) is 4.74 Å². The van der Waals surface area contributed by atoms with E-state index in [1.165, 1.54) is 25.7 Å². The number of hydrogen-bond acceptors (Lipinski definition) is 3. The molecule has 2 heterocycles. The third kappa shape index (κ3) is 2.02. The molecule has 1 aromatic rings. The minimum atomic E-state index is 0.317. The molecular weight excluding hydrogens is 216 g/mol. The largest absolute Gasteiger partial charge is 0.381 e. The monoisotopic (exact) mass is 234 g/mol. The molecule has 1 aliphatic heterocycles. The fourth-order valence-electron chi connectivity index (χ4n) is 2.93. The van der Waals surface area contributed by atoms with Crippen molar-refractivity contribution < 1.29 is 9.53 Å². The number of aldehydes is 1. The summed E-state index contributed by atoms with van der Waals surface area (Å²) in [6.45, 7) is 1.50. The first-order chi connectivity index (χ1) is 8.38. The van der Waals surface area contributed by atoms with E-state index < -0.39 is 0 Å². The predicted octanol–water partition coefficient (Wildman–Crippen LogP) is 2.31. The summed E-state index contributed by atoms with van der Waals surface area (Å²) in [4.78, 5) is 11.1. The fraction of sp³-hybridized carbons (Fsp3) is 0.692. The number of carbonyl (C=O) groups excluding carboxylic acids is 1. The van der Waals surface area contributed by atoms with Gasteiger partial charge in [0.25, 0.3) is 0 Å². The van der Waals surface area contributed by atoms with Gasteiger partial charge in [-0.3, -0.25) is 9.48 Å². The fourth-order valence-corrected chi connectivity index (χ4v) is 2.93. The number of rotatable bonds is 3. The lowest BCUT2D eigenvalue weighted by molar-refractivity contribution is 0.112. The van der Waals surface area contributed by atoms with E-state index in [-0.39, 0.29) is 0 Å². The van der Waals surface area contributed by atoms with E-state index >= 15 is 0 Å². The molecule has 1 unspecified atom stereocenters. The van der Waals surface area contributed by atoms with Crippen molar-refractivity contribution in [3.05, 3.63) is 17.5 Å². The Bertz CT molecular complexity index is 402. The van der Waals surface area contributed by atoms with Crippen molar-refractivity contribution in [2.45, 2.75) is 44.1 Å². The average Bonchev–Trinajstić information content (AvgIpc) is 3.09. The number of hydrogen-bond donors (Lipinski definition) is 0. The summed E-state index contributed by atoms with van der Waals surface area (Å²) in [5, 5.41) is 4.65. The molecule has 4 heteroatoms. The SMILES string of the molecule is O=Cc1cn(C2CCCC2)nc1C1CCOC1. The van der Waals surface area contributed by atoms with Gasteiger partial charge in [-0.1, -0.05) is 12.8 Å². The summed E-state index contributed by atoms with van der Waals surface area (Å²) >= 11 is 0. The van der Waals surface area contributed by atoms with Gasteiger partial charge < -0.3 is 4.74 Å². The van der Waals surface area contributed by atoms with Gasteiger partial charge in [-0.05, 0) is 19.3 Å². The minimum Gasteiger partial charge on any atom is -0.381 e. The highest BCUT2D eigenvalue weighted by atomic mass is 16.5. The molecule has 0 bridgehead atoms. The van der Waals surface area contributed by atoms with Crippen LogP contribution in [0.4, 0.5) is 0 Å². The van der Waals surface area contributed by atoms with Crippen molar-refractivity contribution >= 4 is 6.29 Å². The number of aromatic nitrogens is 2. The molecule has 0 radical (unpaired) electrons. The van der Waals surface area contributed by atoms with Crippen molar-refractivity contribution in [3.8, 4) is 0 Å². The van der Waals surface area contributed by atoms with Gasteiger partial charge in [-0.25, -0.2) is 0 Å². The summed E-state index contributed by atoms with van der Waals surface area (Å²) in [6.07, 6.45) is 8.80. The van der Waals surface area contributed by atoms with Crippen molar-refractivity contribution in [1.29, 1.82) is 0 Å². The molecule has 1 aromatic heterocycles. The average molecular weight is 234 g/mol. The van der Waals surface area contributed by atoms with E-state index in [2.05, 4.69) is 5.10 Å². The van der Waals surface area contributed by atoms with Gasteiger partial charge in [0.1, 0.15) is 0 Å². The summed E-state index contributed by atoms with van der Waals surface area (Å²) in [7, 11) is 0. The van der Waals surface area contributed by atoms with E-state index in [9.17, 15) is 4.79 Å². The molecule has 0 amide bonds. The molecule has 4 nitrogen and oxygen atoms in total. The highest BCUT2D eigenvalue weighted by Gasteiger charge is 2.26. The lowest BCUT2D eigenvalue weighted by Crippen LogP contribution is -2.07. The van der Waals surface area contributed by atoms with Crippen LogP contribution in [0, 0.1) is 0 Å². The Morgan fingerprint density at radius 1 is 1.35 bits per heavy atom. The summed E-state index contributed by atoms with van der Waals surface area (Å²) in [5.74, 6) is 0.317. The standard InChI is InChI=1S/C13H18N2O2/c16-8-11-7-15(12-3-1-2-4-12)14-13(11)10-5-6-17-9-10/h7-8,10,12H,1-6,9H2. The third-order valence-corrected chi connectivity index (χ3v) is 3.93. The van der Waals surface area contributed by atoms with Gasteiger partial charge in [-0.2, -0.15) is 5.10 Å². The van der Waals surface area contributed by atoms with Crippen LogP contribution < -0.4 is 0 Å². The molecule has 3 rings (SSSR count). The van der Waals surface area contributed by atoms with Gasteiger partial charge in [-0.15, -0.1) is 0 Å². The molecule has 0 spiro atoms. The molecule has 1 saturated carbocycles. The molecule has 0 N–H and O–H groups in total. The molecule has 0 aromatic carbocycles. The van der Waals surface area contributed by atoms with Crippen LogP contribution in [0.5, 0.6) is 0 Å². The Labute approximate surface area is 101 Å². The highest BCUT2D eigenvalue weighted by molar-refractivity contribution is 5.76. The predicted molar refractivity (Wildman–Crippen MR) is 63.3 cm³/mol. The molecule has 1 atom stereocenters. The van der Waals surface area contributed by atoms with E-state index in [1.807, 2.05) is 10.9 Å². The van der Waals surface area contributed by atoms with Gasteiger partial charge in [0.15, 0.2) is 6.29 Å². The van der Waals surface area contributed by atoms with Crippen molar-refractivity contribution in [3.63, 3.8) is 0 Å². The van der Waals surface area contributed by atoms with Crippen molar-refractivity contribution in [2.24, 2.45) is 0 Å². The number of carbonyl (C=O) groups is 1. The highest BCUT2D eigenvalue weighted by Crippen LogP contribution is 2.32. The van der Waals surface area contributed by atoms with Crippen LogP contribution in [0.3, 0.4) is 0 Å². The first-order valence-corrected chi connectivity index (χ1v) is 6.50. The minimum absolute atomic E-state index is 0.317. The van der Waals surface area contributed by atoms with Crippen LogP contribution >= 0.6 is 0 Å². The van der Waals surface area contributed by atoms with Crippen LogP contribution in [0.25, 0.3) is 0 Å². The maximum Gasteiger partial charge on any atom is 0.153 e. The molecular formula is C13H18N2O2.